The molecule has 0 bridgehead atoms. The number of carboxylic acids is 2. The third-order valence-electron chi connectivity index (χ3n) is 4.35. The van der Waals surface area contributed by atoms with Gasteiger partial charge in [-0.25, -0.2) is 0 Å². The quantitative estimate of drug-likeness (QED) is 0.199. The van der Waals surface area contributed by atoms with E-state index in [0.717, 1.165) is 12.8 Å². The first-order chi connectivity index (χ1) is 11.6. The minimum Gasteiger partial charge on any atom is -0.481 e. The number of allylic oxidation sites excluding steroid dienone is 2. The normalized spacial score (nSPS) is 11.4. The summed E-state index contributed by atoms with van der Waals surface area (Å²) in [7, 11) is 0. The molecule has 0 fully saturated rings. The highest BCUT2D eigenvalue weighted by Crippen LogP contribution is 2.14. The van der Waals surface area contributed by atoms with Gasteiger partial charge in [-0.1, -0.05) is 83.3 Å². The summed E-state index contributed by atoms with van der Waals surface area (Å²) in [5.74, 6) is -3.67. The molecule has 0 rings (SSSR count). The standard InChI is InChI=1S/C20H36O4/c1-2-3-4-5-6-7-8-9-10-11-12-13-14-15-16-17-18(19(21)22)20(23)24/h5-6,18H,2-4,7-17H2,1H3,(H,21,22)(H,23,24)/b6-5-. The summed E-state index contributed by atoms with van der Waals surface area (Å²) in [5.41, 5.74) is 0. The first kappa shape index (κ1) is 22.7. The highest BCUT2D eigenvalue weighted by atomic mass is 16.4. The summed E-state index contributed by atoms with van der Waals surface area (Å²) in [6, 6.07) is 0. The van der Waals surface area contributed by atoms with Crippen LogP contribution in [0.15, 0.2) is 12.2 Å². The largest absolute Gasteiger partial charge is 0.481 e. The first-order valence-electron chi connectivity index (χ1n) is 9.70. The Morgan fingerprint density at radius 2 is 1.12 bits per heavy atom. The topological polar surface area (TPSA) is 74.6 Å². The second kappa shape index (κ2) is 16.5. The highest BCUT2D eigenvalue weighted by molar-refractivity contribution is 5.92. The monoisotopic (exact) mass is 340 g/mol. The fraction of sp³-hybridized carbons (Fsp3) is 0.800. The van der Waals surface area contributed by atoms with Crippen molar-refractivity contribution in [2.45, 2.75) is 96.8 Å². The van der Waals surface area contributed by atoms with Crippen LogP contribution in [0.25, 0.3) is 0 Å². The minimum atomic E-state index is -1.24. The molecule has 0 radical (unpaired) electrons. The number of unbranched alkanes of at least 4 members (excludes halogenated alkanes) is 11. The van der Waals surface area contributed by atoms with Gasteiger partial charge in [-0.3, -0.25) is 9.59 Å². The zero-order valence-electron chi connectivity index (χ0n) is 15.3. The SMILES string of the molecule is CCCC/C=C\CCCCCCCCCCCC(C(=O)O)C(=O)O. The molecule has 0 unspecified atom stereocenters. The molecule has 0 saturated carbocycles. The van der Waals surface area contributed by atoms with E-state index >= 15 is 0 Å². The Bertz CT molecular complexity index is 336. The third-order valence-corrected chi connectivity index (χ3v) is 4.35. The Labute approximate surface area is 147 Å². The van der Waals surface area contributed by atoms with Gasteiger partial charge in [-0.15, -0.1) is 0 Å². The van der Waals surface area contributed by atoms with Crippen molar-refractivity contribution in [2.75, 3.05) is 0 Å². The average molecular weight is 341 g/mol. The van der Waals surface area contributed by atoms with Crippen molar-refractivity contribution in [1.29, 1.82) is 0 Å². The Hall–Kier alpha value is -1.32. The van der Waals surface area contributed by atoms with Gasteiger partial charge in [-0.05, 0) is 25.7 Å². The molecule has 0 atom stereocenters. The Morgan fingerprint density at radius 1 is 0.708 bits per heavy atom. The van der Waals surface area contributed by atoms with Crippen molar-refractivity contribution in [2.24, 2.45) is 5.92 Å². The summed E-state index contributed by atoms with van der Waals surface area (Å²) < 4.78 is 0. The molecule has 0 aliphatic carbocycles. The lowest BCUT2D eigenvalue weighted by atomic mass is 10.00. The summed E-state index contributed by atoms with van der Waals surface area (Å²) >= 11 is 0. The maximum atomic E-state index is 10.7. The van der Waals surface area contributed by atoms with Crippen molar-refractivity contribution in [1.82, 2.24) is 0 Å². The number of carbonyl (C=O) groups is 2. The molecule has 0 amide bonds. The third kappa shape index (κ3) is 14.3. The van der Waals surface area contributed by atoms with Crippen LogP contribution in [-0.4, -0.2) is 22.2 Å². The van der Waals surface area contributed by atoms with Crippen molar-refractivity contribution < 1.29 is 19.8 Å². The van der Waals surface area contributed by atoms with Gasteiger partial charge in [-0.2, -0.15) is 0 Å². The van der Waals surface area contributed by atoms with Gasteiger partial charge in [0, 0.05) is 0 Å². The maximum Gasteiger partial charge on any atom is 0.317 e. The van der Waals surface area contributed by atoms with Gasteiger partial charge < -0.3 is 10.2 Å². The van der Waals surface area contributed by atoms with E-state index < -0.39 is 17.9 Å². The zero-order valence-corrected chi connectivity index (χ0v) is 15.3. The first-order valence-corrected chi connectivity index (χ1v) is 9.70. The molecule has 24 heavy (non-hydrogen) atoms. The number of hydrogen-bond acceptors (Lipinski definition) is 2. The molecule has 140 valence electrons. The van der Waals surface area contributed by atoms with E-state index in [1.54, 1.807) is 0 Å². The molecule has 0 aromatic heterocycles. The van der Waals surface area contributed by atoms with Crippen molar-refractivity contribution in [3.63, 3.8) is 0 Å². The summed E-state index contributed by atoms with van der Waals surface area (Å²) in [6.45, 7) is 2.22. The zero-order chi connectivity index (χ0) is 18.0. The summed E-state index contributed by atoms with van der Waals surface area (Å²) in [6.07, 6.45) is 20.1. The Balaban J connectivity index is 3.30. The molecule has 0 saturated heterocycles. The van der Waals surface area contributed by atoms with E-state index in [4.69, 9.17) is 10.2 Å². The predicted molar refractivity (Wildman–Crippen MR) is 98.2 cm³/mol. The second-order valence-electron chi connectivity index (χ2n) is 6.60. The van der Waals surface area contributed by atoms with Gasteiger partial charge in [0.1, 0.15) is 0 Å². The Kier molecular flexibility index (Phi) is 15.6. The van der Waals surface area contributed by atoms with Crippen LogP contribution in [0.1, 0.15) is 96.8 Å². The van der Waals surface area contributed by atoms with Crippen LogP contribution >= 0.6 is 0 Å². The smallest absolute Gasteiger partial charge is 0.317 e. The van der Waals surface area contributed by atoms with Gasteiger partial charge in [0.2, 0.25) is 0 Å². The molecule has 0 spiro atoms. The van der Waals surface area contributed by atoms with Gasteiger partial charge in [0.15, 0.2) is 5.92 Å². The number of hydrogen-bond donors (Lipinski definition) is 2. The van der Waals surface area contributed by atoms with Crippen molar-refractivity contribution in [3.05, 3.63) is 12.2 Å². The van der Waals surface area contributed by atoms with Crippen LogP contribution < -0.4 is 0 Å². The number of aliphatic carboxylic acids is 2. The molecular formula is C20H36O4. The molecule has 4 nitrogen and oxygen atoms in total. The van der Waals surface area contributed by atoms with Crippen LogP contribution in [-0.2, 0) is 9.59 Å². The van der Waals surface area contributed by atoms with E-state index in [0.29, 0.717) is 6.42 Å². The lowest BCUT2D eigenvalue weighted by molar-refractivity contribution is -0.154. The fourth-order valence-corrected chi connectivity index (χ4v) is 2.76. The van der Waals surface area contributed by atoms with Gasteiger partial charge in [0.25, 0.3) is 0 Å². The molecule has 0 aliphatic rings. The summed E-state index contributed by atoms with van der Waals surface area (Å²) in [5, 5.41) is 17.5. The highest BCUT2D eigenvalue weighted by Gasteiger charge is 2.24. The van der Waals surface area contributed by atoms with E-state index in [1.807, 2.05) is 0 Å². The van der Waals surface area contributed by atoms with Crippen LogP contribution in [0.3, 0.4) is 0 Å². The molecule has 0 heterocycles. The van der Waals surface area contributed by atoms with Crippen molar-refractivity contribution >= 4 is 11.9 Å². The average Bonchev–Trinajstić information content (AvgIpc) is 2.53. The van der Waals surface area contributed by atoms with E-state index in [-0.39, 0.29) is 6.42 Å². The summed E-state index contributed by atoms with van der Waals surface area (Å²) in [4.78, 5) is 21.5. The minimum absolute atomic E-state index is 0.246. The molecule has 4 heteroatoms. The van der Waals surface area contributed by atoms with Crippen LogP contribution in [0.2, 0.25) is 0 Å². The van der Waals surface area contributed by atoms with E-state index in [1.165, 1.54) is 64.2 Å². The lowest BCUT2D eigenvalue weighted by Gasteiger charge is -2.06. The van der Waals surface area contributed by atoms with Crippen molar-refractivity contribution in [3.8, 4) is 0 Å². The Morgan fingerprint density at radius 3 is 1.58 bits per heavy atom. The lowest BCUT2D eigenvalue weighted by Crippen LogP contribution is -2.23. The second-order valence-corrected chi connectivity index (χ2v) is 6.60. The van der Waals surface area contributed by atoms with Crippen LogP contribution in [0.5, 0.6) is 0 Å². The van der Waals surface area contributed by atoms with Gasteiger partial charge >= 0.3 is 11.9 Å². The maximum absolute atomic E-state index is 10.7. The number of carboxylic acid groups (broad SMARTS) is 2. The fourth-order valence-electron chi connectivity index (χ4n) is 2.76. The molecule has 0 aromatic carbocycles. The molecule has 2 N–H and O–H groups in total. The molecular weight excluding hydrogens is 304 g/mol. The van der Waals surface area contributed by atoms with E-state index in [9.17, 15) is 9.59 Å². The van der Waals surface area contributed by atoms with E-state index in [2.05, 4.69) is 19.1 Å². The van der Waals surface area contributed by atoms with Gasteiger partial charge in [0.05, 0.1) is 0 Å². The van der Waals surface area contributed by atoms with Crippen LogP contribution in [0.4, 0.5) is 0 Å². The van der Waals surface area contributed by atoms with Crippen LogP contribution in [0, 0.1) is 5.92 Å². The molecule has 0 aliphatic heterocycles. The number of rotatable bonds is 17. The predicted octanol–water partition coefficient (Wildman–Crippen LogP) is 5.81. The molecule has 0 aromatic rings.